The van der Waals surface area contributed by atoms with Crippen LogP contribution in [0.25, 0.3) is 0 Å². The van der Waals surface area contributed by atoms with Crippen LogP contribution in [0, 0.1) is 0 Å². The second kappa shape index (κ2) is 9.98. The molecule has 2 aliphatic heterocycles. The lowest BCUT2D eigenvalue weighted by Gasteiger charge is -2.33. The zero-order chi connectivity index (χ0) is 23.5. The lowest BCUT2D eigenvalue weighted by Crippen LogP contribution is -2.39. The summed E-state index contributed by atoms with van der Waals surface area (Å²) in [6.07, 6.45) is 3.52. The zero-order valence-corrected chi connectivity index (χ0v) is 20.5. The first-order valence-corrected chi connectivity index (χ1v) is 12.3. The fraction of sp³-hybridized carbons (Fsp3) is 0.379. The molecule has 5 heteroatoms. The van der Waals surface area contributed by atoms with Gasteiger partial charge in [0.1, 0.15) is 18.1 Å². The van der Waals surface area contributed by atoms with Gasteiger partial charge in [0.15, 0.2) is 0 Å². The van der Waals surface area contributed by atoms with E-state index in [1.807, 2.05) is 0 Å². The monoisotopic (exact) mass is 457 g/mol. The lowest BCUT2D eigenvalue weighted by atomic mass is 10.1. The van der Waals surface area contributed by atoms with Crippen molar-refractivity contribution in [1.82, 2.24) is 4.90 Å². The molecule has 3 aromatic rings. The number of hydrogen-bond acceptors (Lipinski definition) is 5. The molecular weight excluding hydrogens is 422 g/mol. The number of ether oxygens (including phenoxy) is 2. The van der Waals surface area contributed by atoms with Gasteiger partial charge in [0, 0.05) is 44.5 Å². The van der Waals surface area contributed by atoms with Crippen molar-refractivity contribution in [2.24, 2.45) is 0 Å². The quantitative estimate of drug-likeness (QED) is 0.467. The number of likely N-dealkylation sites (tertiary alicyclic amines) is 1. The van der Waals surface area contributed by atoms with Crippen LogP contribution in [0.1, 0.15) is 24.0 Å². The molecule has 34 heavy (non-hydrogen) atoms. The van der Waals surface area contributed by atoms with E-state index in [2.05, 4.69) is 95.5 Å². The lowest BCUT2D eigenvalue weighted by molar-refractivity contribution is 0.261. The molecule has 2 heterocycles. The van der Waals surface area contributed by atoms with Crippen LogP contribution >= 0.6 is 0 Å². The molecule has 3 aromatic carbocycles. The molecule has 1 atom stereocenters. The van der Waals surface area contributed by atoms with Crippen LogP contribution in [0.4, 0.5) is 17.1 Å². The molecule has 0 amide bonds. The van der Waals surface area contributed by atoms with E-state index in [1.165, 1.54) is 35.3 Å². The summed E-state index contributed by atoms with van der Waals surface area (Å²) < 4.78 is 11.7. The molecule has 2 aliphatic rings. The molecule has 5 rings (SSSR count). The predicted molar refractivity (Wildman–Crippen MR) is 140 cm³/mol. The maximum atomic E-state index is 6.18. The Labute approximate surface area is 203 Å². The smallest absolute Gasteiger partial charge is 0.143 e. The van der Waals surface area contributed by atoms with E-state index in [0.717, 1.165) is 43.2 Å². The summed E-state index contributed by atoms with van der Waals surface area (Å²) in [5, 5.41) is 0. The van der Waals surface area contributed by atoms with Crippen molar-refractivity contribution in [2.75, 3.05) is 50.6 Å². The van der Waals surface area contributed by atoms with E-state index in [9.17, 15) is 0 Å². The van der Waals surface area contributed by atoms with Gasteiger partial charge in [0.25, 0.3) is 0 Å². The van der Waals surface area contributed by atoms with Gasteiger partial charge in [-0.2, -0.15) is 0 Å². The Balaban J connectivity index is 1.34. The molecule has 1 saturated heterocycles. The highest BCUT2D eigenvalue weighted by molar-refractivity contribution is 5.73. The summed E-state index contributed by atoms with van der Waals surface area (Å²) in [6.45, 7) is 3.82. The first-order chi connectivity index (χ1) is 16.6. The van der Waals surface area contributed by atoms with E-state index in [0.29, 0.717) is 12.6 Å². The standard InChI is InChI=1S/C29H35N3O2/c1-30(2)27-19-22(14-15-28(27)33-3)16-18-31-17-8-10-24(31)20-32-25-11-5-4-9-23(25)21-34-29-13-7-6-12-26(29)32/h4-7,9,11-15,19,24H,8,10,16-18,20-21H2,1-3H3. The first-order valence-electron chi connectivity index (χ1n) is 12.3. The number of nitrogens with zero attached hydrogens (tertiary/aromatic N) is 3. The van der Waals surface area contributed by atoms with Gasteiger partial charge in [-0.3, -0.25) is 4.90 Å². The normalized spacial score (nSPS) is 17.5. The Bertz CT molecular complexity index is 1080. The molecule has 1 unspecified atom stereocenters. The van der Waals surface area contributed by atoms with Gasteiger partial charge >= 0.3 is 0 Å². The summed E-state index contributed by atoms with van der Waals surface area (Å²) in [5.74, 6) is 1.89. The first kappa shape index (κ1) is 22.6. The number of anilines is 3. The fourth-order valence-corrected chi connectivity index (χ4v) is 5.30. The van der Waals surface area contributed by atoms with Crippen molar-refractivity contribution in [3.63, 3.8) is 0 Å². The minimum absolute atomic E-state index is 0.519. The number of hydrogen-bond donors (Lipinski definition) is 0. The summed E-state index contributed by atoms with van der Waals surface area (Å²) >= 11 is 0. The molecule has 0 radical (unpaired) electrons. The van der Waals surface area contributed by atoms with Crippen molar-refractivity contribution >= 4 is 17.1 Å². The summed E-state index contributed by atoms with van der Waals surface area (Å²) in [7, 11) is 5.87. The number of methoxy groups -OCH3 is 1. The molecule has 0 N–H and O–H groups in total. The Morgan fingerprint density at radius 2 is 1.79 bits per heavy atom. The van der Waals surface area contributed by atoms with E-state index in [1.54, 1.807) is 7.11 Å². The van der Waals surface area contributed by atoms with E-state index < -0.39 is 0 Å². The maximum absolute atomic E-state index is 6.18. The molecule has 0 aliphatic carbocycles. The summed E-state index contributed by atoms with van der Waals surface area (Å²) in [5.41, 5.74) is 6.18. The SMILES string of the molecule is COc1ccc(CCN2CCCC2CN2c3ccccc3COc3ccccc32)cc1N(C)C. The molecule has 5 nitrogen and oxygen atoms in total. The van der Waals surface area contributed by atoms with Crippen LogP contribution in [0.3, 0.4) is 0 Å². The molecular formula is C29H35N3O2. The van der Waals surface area contributed by atoms with E-state index in [4.69, 9.17) is 9.47 Å². The predicted octanol–water partition coefficient (Wildman–Crippen LogP) is 5.50. The van der Waals surface area contributed by atoms with Crippen molar-refractivity contribution in [3.05, 3.63) is 77.9 Å². The Kier molecular flexibility index (Phi) is 6.63. The van der Waals surface area contributed by atoms with E-state index in [-0.39, 0.29) is 0 Å². The largest absolute Gasteiger partial charge is 0.495 e. The number of benzene rings is 3. The summed E-state index contributed by atoms with van der Waals surface area (Å²) in [6, 6.07) is 24.2. The van der Waals surface area contributed by atoms with Crippen LogP contribution in [0.15, 0.2) is 66.7 Å². The van der Waals surface area contributed by atoms with Gasteiger partial charge in [0.05, 0.1) is 18.5 Å². The van der Waals surface area contributed by atoms with Gasteiger partial charge < -0.3 is 19.3 Å². The van der Waals surface area contributed by atoms with Crippen molar-refractivity contribution in [2.45, 2.75) is 31.9 Å². The van der Waals surface area contributed by atoms with Crippen LogP contribution in [0.5, 0.6) is 11.5 Å². The van der Waals surface area contributed by atoms with Crippen LogP contribution in [-0.2, 0) is 13.0 Å². The third-order valence-electron chi connectivity index (χ3n) is 7.13. The van der Waals surface area contributed by atoms with Gasteiger partial charge in [-0.1, -0.05) is 36.4 Å². The van der Waals surface area contributed by atoms with E-state index >= 15 is 0 Å². The van der Waals surface area contributed by atoms with Crippen LogP contribution < -0.4 is 19.3 Å². The van der Waals surface area contributed by atoms with Gasteiger partial charge in [-0.15, -0.1) is 0 Å². The zero-order valence-electron chi connectivity index (χ0n) is 20.5. The Hall–Kier alpha value is -3.18. The number of rotatable bonds is 7. The average molecular weight is 458 g/mol. The molecule has 0 aromatic heterocycles. The third-order valence-corrected chi connectivity index (χ3v) is 7.13. The molecule has 0 spiro atoms. The van der Waals surface area contributed by atoms with Crippen molar-refractivity contribution in [1.29, 1.82) is 0 Å². The minimum Gasteiger partial charge on any atom is -0.495 e. The minimum atomic E-state index is 0.519. The molecule has 0 bridgehead atoms. The topological polar surface area (TPSA) is 28.2 Å². The highest BCUT2D eigenvalue weighted by Crippen LogP contribution is 2.40. The molecule has 178 valence electrons. The van der Waals surface area contributed by atoms with Gasteiger partial charge in [-0.05, 0) is 61.7 Å². The maximum Gasteiger partial charge on any atom is 0.143 e. The average Bonchev–Trinajstić information content (AvgIpc) is 3.25. The Morgan fingerprint density at radius 1 is 1.00 bits per heavy atom. The second-order valence-electron chi connectivity index (χ2n) is 9.48. The fourth-order valence-electron chi connectivity index (χ4n) is 5.30. The molecule has 0 saturated carbocycles. The van der Waals surface area contributed by atoms with Crippen molar-refractivity contribution in [3.8, 4) is 11.5 Å². The number of fused-ring (bicyclic) bond motifs is 2. The highest BCUT2D eigenvalue weighted by Gasteiger charge is 2.29. The third kappa shape index (κ3) is 4.58. The highest BCUT2D eigenvalue weighted by atomic mass is 16.5. The number of para-hydroxylation sites is 3. The summed E-state index contributed by atoms with van der Waals surface area (Å²) in [4.78, 5) is 7.28. The van der Waals surface area contributed by atoms with Crippen molar-refractivity contribution < 1.29 is 9.47 Å². The van der Waals surface area contributed by atoms with Gasteiger partial charge in [-0.25, -0.2) is 0 Å². The molecule has 1 fully saturated rings. The second-order valence-corrected chi connectivity index (χ2v) is 9.48. The van der Waals surface area contributed by atoms with Crippen LogP contribution in [0.2, 0.25) is 0 Å². The van der Waals surface area contributed by atoms with Gasteiger partial charge in [0.2, 0.25) is 0 Å². The van der Waals surface area contributed by atoms with Crippen LogP contribution in [-0.4, -0.2) is 51.8 Å². The Morgan fingerprint density at radius 3 is 2.62 bits per heavy atom.